The molecule has 0 bridgehead atoms. The van der Waals surface area contributed by atoms with Crippen LogP contribution in [-0.4, -0.2) is 25.8 Å². The van der Waals surface area contributed by atoms with Gasteiger partial charge in [-0.15, -0.1) is 5.10 Å². The van der Waals surface area contributed by atoms with Gasteiger partial charge in [-0.05, 0) is 34.6 Å². The van der Waals surface area contributed by atoms with Crippen molar-refractivity contribution in [3.05, 3.63) is 30.3 Å². The predicted molar refractivity (Wildman–Crippen MR) is 98.9 cm³/mol. The van der Waals surface area contributed by atoms with Gasteiger partial charge in [0.25, 0.3) is 0 Å². The number of hydrogen-bond donors (Lipinski definition) is 2. The Hall–Kier alpha value is -2.63. The second kappa shape index (κ2) is 5.78. The molecule has 0 saturated carbocycles. The van der Waals surface area contributed by atoms with E-state index in [-0.39, 0.29) is 11.6 Å². The maximum absolute atomic E-state index is 6.41. The first-order chi connectivity index (χ1) is 11.3. The molecule has 2 heterocycles. The standard InChI is InChI=1S/C18H24N6/c1-11(2)20-17-21-14(12-9-7-6-8-10-12)13-15(19)24(18(3,4)5)23-16(13)22-17/h6-11H,19H2,1-5H3,(H,20,22,23). The van der Waals surface area contributed by atoms with Crippen LogP contribution in [-0.2, 0) is 5.54 Å². The maximum Gasteiger partial charge on any atom is 0.225 e. The third-order valence-electron chi connectivity index (χ3n) is 3.67. The number of hydrogen-bond acceptors (Lipinski definition) is 5. The van der Waals surface area contributed by atoms with Crippen LogP contribution < -0.4 is 11.1 Å². The Morgan fingerprint density at radius 3 is 2.33 bits per heavy atom. The van der Waals surface area contributed by atoms with Crippen LogP contribution in [0, 0.1) is 0 Å². The van der Waals surface area contributed by atoms with Gasteiger partial charge in [-0.2, -0.15) is 4.98 Å². The molecule has 126 valence electrons. The molecule has 0 aliphatic rings. The Morgan fingerprint density at radius 2 is 1.75 bits per heavy atom. The van der Waals surface area contributed by atoms with Crippen LogP contribution in [0.3, 0.4) is 0 Å². The van der Waals surface area contributed by atoms with Crippen LogP contribution >= 0.6 is 0 Å². The summed E-state index contributed by atoms with van der Waals surface area (Å²) < 4.78 is 1.82. The van der Waals surface area contributed by atoms with Gasteiger partial charge in [0.1, 0.15) is 5.82 Å². The molecule has 3 N–H and O–H groups in total. The van der Waals surface area contributed by atoms with Crippen molar-refractivity contribution in [1.82, 2.24) is 19.7 Å². The lowest BCUT2D eigenvalue weighted by atomic mass is 10.1. The molecule has 3 rings (SSSR count). The molecule has 0 spiro atoms. The van der Waals surface area contributed by atoms with E-state index in [2.05, 4.69) is 50.0 Å². The third-order valence-corrected chi connectivity index (χ3v) is 3.67. The normalized spacial score (nSPS) is 12.1. The maximum atomic E-state index is 6.41. The fraction of sp³-hybridized carbons (Fsp3) is 0.389. The summed E-state index contributed by atoms with van der Waals surface area (Å²) in [5.41, 5.74) is 8.59. The van der Waals surface area contributed by atoms with Crippen molar-refractivity contribution in [1.29, 1.82) is 0 Å². The zero-order valence-corrected chi connectivity index (χ0v) is 14.8. The summed E-state index contributed by atoms with van der Waals surface area (Å²) in [6.45, 7) is 10.3. The van der Waals surface area contributed by atoms with Crippen LogP contribution in [0.1, 0.15) is 34.6 Å². The second-order valence-corrected chi connectivity index (χ2v) is 7.23. The molecular weight excluding hydrogens is 300 g/mol. The van der Waals surface area contributed by atoms with Gasteiger partial charge in [-0.3, -0.25) is 0 Å². The molecule has 0 radical (unpaired) electrons. The van der Waals surface area contributed by atoms with Gasteiger partial charge in [-0.1, -0.05) is 30.3 Å². The number of aromatic nitrogens is 4. The Labute approximate surface area is 142 Å². The Kier molecular flexibility index (Phi) is 3.91. The van der Waals surface area contributed by atoms with Gasteiger partial charge in [-0.25, -0.2) is 9.67 Å². The molecule has 6 nitrogen and oxygen atoms in total. The molecule has 1 aromatic carbocycles. The lowest BCUT2D eigenvalue weighted by Crippen LogP contribution is -2.24. The smallest absolute Gasteiger partial charge is 0.225 e. The summed E-state index contributed by atoms with van der Waals surface area (Å²) in [7, 11) is 0. The van der Waals surface area contributed by atoms with E-state index < -0.39 is 0 Å². The van der Waals surface area contributed by atoms with E-state index in [1.54, 1.807) is 0 Å². The number of fused-ring (bicyclic) bond motifs is 1. The van der Waals surface area contributed by atoms with E-state index in [4.69, 9.17) is 10.7 Å². The SMILES string of the molecule is CC(C)Nc1nc(-c2ccccc2)c2c(N)n(C(C)(C)C)nc2n1. The minimum Gasteiger partial charge on any atom is -0.383 e. The van der Waals surface area contributed by atoms with E-state index >= 15 is 0 Å². The van der Waals surface area contributed by atoms with Gasteiger partial charge in [0, 0.05) is 11.6 Å². The van der Waals surface area contributed by atoms with Crippen molar-refractivity contribution in [3.8, 4) is 11.3 Å². The molecule has 0 aliphatic heterocycles. The van der Waals surface area contributed by atoms with Crippen LogP contribution in [0.25, 0.3) is 22.3 Å². The minimum atomic E-state index is -0.232. The van der Waals surface area contributed by atoms with E-state index in [0.717, 1.165) is 16.6 Å². The van der Waals surface area contributed by atoms with Crippen LogP contribution in [0.2, 0.25) is 0 Å². The minimum absolute atomic E-state index is 0.230. The molecule has 0 amide bonds. The lowest BCUT2D eigenvalue weighted by Gasteiger charge is -2.20. The quantitative estimate of drug-likeness (QED) is 0.768. The summed E-state index contributed by atoms with van der Waals surface area (Å²) >= 11 is 0. The first-order valence-corrected chi connectivity index (χ1v) is 8.16. The number of rotatable bonds is 3. The topological polar surface area (TPSA) is 81.6 Å². The highest BCUT2D eigenvalue weighted by Crippen LogP contribution is 2.33. The highest BCUT2D eigenvalue weighted by Gasteiger charge is 2.24. The van der Waals surface area contributed by atoms with Crippen LogP contribution in [0.5, 0.6) is 0 Å². The monoisotopic (exact) mass is 324 g/mol. The summed E-state index contributed by atoms with van der Waals surface area (Å²) in [6.07, 6.45) is 0. The summed E-state index contributed by atoms with van der Waals surface area (Å²) in [4.78, 5) is 9.27. The highest BCUT2D eigenvalue weighted by atomic mass is 15.4. The average molecular weight is 324 g/mol. The van der Waals surface area contributed by atoms with E-state index in [0.29, 0.717) is 17.4 Å². The molecule has 0 unspecified atom stereocenters. The fourth-order valence-electron chi connectivity index (χ4n) is 2.65. The van der Waals surface area contributed by atoms with Crippen molar-refractivity contribution >= 4 is 22.8 Å². The number of benzene rings is 1. The number of nitrogens with zero attached hydrogens (tertiary/aromatic N) is 4. The summed E-state index contributed by atoms with van der Waals surface area (Å²) in [5, 5.41) is 8.70. The van der Waals surface area contributed by atoms with Gasteiger partial charge in [0.05, 0.1) is 16.6 Å². The van der Waals surface area contributed by atoms with Crippen molar-refractivity contribution in [2.75, 3.05) is 11.1 Å². The van der Waals surface area contributed by atoms with Crippen molar-refractivity contribution in [3.63, 3.8) is 0 Å². The van der Waals surface area contributed by atoms with Gasteiger partial charge >= 0.3 is 0 Å². The molecule has 3 aromatic rings. The Morgan fingerprint density at radius 1 is 1.08 bits per heavy atom. The zero-order valence-electron chi connectivity index (χ0n) is 14.8. The molecule has 0 fully saturated rings. The van der Waals surface area contributed by atoms with E-state index in [9.17, 15) is 0 Å². The van der Waals surface area contributed by atoms with Gasteiger partial charge in [0.15, 0.2) is 5.65 Å². The lowest BCUT2D eigenvalue weighted by molar-refractivity contribution is 0.364. The molecule has 0 atom stereocenters. The third kappa shape index (κ3) is 2.91. The van der Waals surface area contributed by atoms with E-state index in [1.807, 2.05) is 35.0 Å². The van der Waals surface area contributed by atoms with Crippen molar-refractivity contribution in [2.24, 2.45) is 0 Å². The first kappa shape index (κ1) is 16.2. The first-order valence-electron chi connectivity index (χ1n) is 8.16. The highest BCUT2D eigenvalue weighted by molar-refractivity contribution is 5.99. The summed E-state index contributed by atoms with van der Waals surface area (Å²) in [5.74, 6) is 1.15. The number of anilines is 2. The average Bonchev–Trinajstić information content (AvgIpc) is 2.84. The molecule has 24 heavy (non-hydrogen) atoms. The molecule has 6 heteroatoms. The number of nitrogens with one attached hydrogen (secondary N) is 1. The molecule has 2 aromatic heterocycles. The predicted octanol–water partition coefficient (Wildman–Crippen LogP) is 3.65. The molecular formula is C18H24N6. The van der Waals surface area contributed by atoms with Gasteiger partial charge < -0.3 is 11.1 Å². The zero-order chi connectivity index (χ0) is 17.5. The second-order valence-electron chi connectivity index (χ2n) is 7.23. The largest absolute Gasteiger partial charge is 0.383 e. The Balaban J connectivity index is 2.32. The molecule has 0 saturated heterocycles. The van der Waals surface area contributed by atoms with Gasteiger partial charge in [0.2, 0.25) is 5.95 Å². The van der Waals surface area contributed by atoms with Crippen molar-refractivity contribution < 1.29 is 0 Å². The number of nitrogens with two attached hydrogens (primary N) is 1. The van der Waals surface area contributed by atoms with E-state index in [1.165, 1.54) is 0 Å². The Bertz CT molecular complexity index is 859. The number of nitrogen functional groups attached to an aromatic ring is 1. The molecule has 0 aliphatic carbocycles. The van der Waals surface area contributed by atoms with Crippen LogP contribution in [0.15, 0.2) is 30.3 Å². The summed E-state index contributed by atoms with van der Waals surface area (Å²) in [6, 6.07) is 10.2. The fourth-order valence-corrected chi connectivity index (χ4v) is 2.65. The van der Waals surface area contributed by atoms with Crippen molar-refractivity contribution in [2.45, 2.75) is 46.2 Å². The van der Waals surface area contributed by atoms with Crippen LogP contribution in [0.4, 0.5) is 11.8 Å².